The van der Waals surface area contributed by atoms with Gasteiger partial charge in [0.1, 0.15) is 18.3 Å². The Kier molecular flexibility index (Phi) is 9.20. The first-order valence-electron chi connectivity index (χ1n) is 11.6. The van der Waals surface area contributed by atoms with E-state index in [-0.39, 0.29) is 34.7 Å². The molecule has 37 heavy (non-hydrogen) atoms. The van der Waals surface area contributed by atoms with Crippen molar-refractivity contribution in [2.45, 2.75) is 45.5 Å². The van der Waals surface area contributed by atoms with E-state index in [1.807, 2.05) is 0 Å². The maximum absolute atomic E-state index is 13.1. The van der Waals surface area contributed by atoms with Crippen molar-refractivity contribution < 1.29 is 27.5 Å². The van der Waals surface area contributed by atoms with Crippen LogP contribution in [-0.2, 0) is 9.59 Å². The van der Waals surface area contributed by atoms with E-state index < -0.39 is 12.4 Å². The molecule has 0 spiro atoms. The van der Waals surface area contributed by atoms with Gasteiger partial charge in [-0.3, -0.25) is 14.6 Å². The summed E-state index contributed by atoms with van der Waals surface area (Å²) in [5.74, 6) is -1.03. The summed E-state index contributed by atoms with van der Waals surface area (Å²) < 4.78 is 42.5. The van der Waals surface area contributed by atoms with Gasteiger partial charge in [0.25, 0.3) is 0 Å². The van der Waals surface area contributed by atoms with Gasteiger partial charge >= 0.3 is 6.36 Å². The predicted octanol–water partition coefficient (Wildman–Crippen LogP) is 5.55. The number of nitrogens with zero attached hydrogens (tertiary/aromatic N) is 2. The van der Waals surface area contributed by atoms with E-state index in [1.54, 1.807) is 26.0 Å². The van der Waals surface area contributed by atoms with Crippen molar-refractivity contribution in [1.82, 2.24) is 4.90 Å². The Hall–Kier alpha value is -3.53. The van der Waals surface area contributed by atoms with Gasteiger partial charge in [-0.25, -0.2) is 0 Å². The zero-order chi connectivity index (χ0) is 27.2. The second-order valence-electron chi connectivity index (χ2n) is 8.67. The largest absolute Gasteiger partial charge is 0.573 e. The molecule has 198 valence electrons. The molecule has 0 saturated carbocycles. The lowest BCUT2D eigenvalue weighted by Gasteiger charge is -2.34. The van der Waals surface area contributed by atoms with Crippen LogP contribution >= 0.6 is 11.6 Å². The van der Waals surface area contributed by atoms with Gasteiger partial charge in [0.15, 0.2) is 0 Å². The molecule has 1 saturated heterocycles. The number of ether oxygens (including phenoxy) is 1. The molecular weight excluding hydrogens is 509 g/mol. The SMILES string of the molecule is CC(N)=CC(C)=NCC(=O)N1CCCCC1C(=O)Nc1ccc(-c2ccccc2OC(F)(F)F)c(Cl)c1. The molecule has 2 aromatic carbocycles. The fraction of sp³-hybridized carbons (Fsp3) is 0.346. The van der Waals surface area contributed by atoms with Crippen LogP contribution in [0.15, 0.2) is 59.2 Å². The minimum Gasteiger partial charge on any atom is -0.405 e. The third-order valence-corrected chi connectivity index (χ3v) is 5.98. The number of carbonyl (C=O) groups excluding carboxylic acids is 2. The Morgan fingerprint density at radius 2 is 1.92 bits per heavy atom. The number of likely N-dealkylation sites (tertiary alicyclic amines) is 1. The lowest BCUT2D eigenvalue weighted by Crippen LogP contribution is -2.50. The maximum Gasteiger partial charge on any atom is 0.573 e. The number of nitrogens with two attached hydrogens (primary N) is 1. The highest BCUT2D eigenvalue weighted by atomic mass is 35.5. The number of halogens is 4. The fourth-order valence-corrected chi connectivity index (χ4v) is 4.38. The number of carbonyl (C=O) groups is 2. The van der Waals surface area contributed by atoms with E-state index in [9.17, 15) is 22.8 Å². The molecule has 1 aliphatic rings. The second-order valence-corrected chi connectivity index (χ2v) is 9.08. The Balaban J connectivity index is 1.75. The number of para-hydroxylation sites is 1. The summed E-state index contributed by atoms with van der Waals surface area (Å²) >= 11 is 6.38. The standard InChI is InChI=1S/C26H28ClF3N4O3/c1-16(31)13-17(2)32-15-24(35)34-12-6-5-8-22(34)25(36)33-18-10-11-19(21(27)14-18)20-7-3-4-9-23(20)37-26(28,29)30/h3-4,7,9-11,13-14,22H,5-6,8,12,15,31H2,1-2H3,(H,33,36). The molecule has 0 aliphatic carbocycles. The van der Waals surface area contributed by atoms with Crippen LogP contribution in [0.25, 0.3) is 11.1 Å². The zero-order valence-corrected chi connectivity index (χ0v) is 21.2. The molecule has 0 bridgehead atoms. The summed E-state index contributed by atoms with van der Waals surface area (Å²) in [5, 5.41) is 2.90. The molecule has 2 aromatic rings. The Morgan fingerprint density at radius 1 is 1.19 bits per heavy atom. The Morgan fingerprint density at radius 3 is 2.59 bits per heavy atom. The lowest BCUT2D eigenvalue weighted by molar-refractivity contribution is -0.274. The number of alkyl halides is 3. The Bertz CT molecular complexity index is 1210. The quantitative estimate of drug-likeness (QED) is 0.453. The lowest BCUT2D eigenvalue weighted by atomic mass is 10.0. The van der Waals surface area contributed by atoms with E-state index in [4.69, 9.17) is 17.3 Å². The van der Waals surface area contributed by atoms with Crippen molar-refractivity contribution in [1.29, 1.82) is 0 Å². The molecule has 3 N–H and O–H groups in total. The molecule has 0 aromatic heterocycles. The summed E-state index contributed by atoms with van der Waals surface area (Å²) in [5.41, 5.74) is 7.64. The third kappa shape index (κ3) is 7.98. The van der Waals surface area contributed by atoms with Crippen LogP contribution in [-0.4, -0.2) is 47.9 Å². The smallest absolute Gasteiger partial charge is 0.405 e. The van der Waals surface area contributed by atoms with Gasteiger partial charge in [0, 0.05) is 34.8 Å². The number of anilines is 1. The van der Waals surface area contributed by atoms with Crippen molar-refractivity contribution in [3.8, 4) is 16.9 Å². The average molecular weight is 537 g/mol. The second kappa shape index (κ2) is 12.1. The van der Waals surface area contributed by atoms with Gasteiger partial charge < -0.3 is 20.7 Å². The number of piperidine rings is 1. The van der Waals surface area contributed by atoms with Gasteiger partial charge in [-0.1, -0.05) is 35.9 Å². The molecule has 1 atom stereocenters. The summed E-state index contributed by atoms with van der Waals surface area (Å²) in [7, 11) is 0. The van der Waals surface area contributed by atoms with Crippen molar-refractivity contribution in [2.75, 3.05) is 18.4 Å². The topological polar surface area (TPSA) is 97.0 Å². The van der Waals surface area contributed by atoms with E-state index in [0.717, 1.165) is 12.8 Å². The molecule has 3 rings (SSSR count). The van der Waals surface area contributed by atoms with Crippen LogP contribution in [0, 0.1) is 0 Å². The molecular formula is C26H28ClF3N4O3. The molecule has 0 radical (unpaired) electrons. The summed E-state index contributed by atoms with van der Waals surface area (Å²) in [6.45, 7) is 3.80. The summed E-state index contributed by atoms with van der Waals surface area (Å²) in [6.07, 6.45) is -1.14. The first-order valence-corrected chi connectivity index (χ1v) is 12.0. The molecule has 7 nitrogen and oxygen atoms in total. The van der Waals surface area contributed by atoms with Crippen molar-refractivity contribution in [3.63, 3.8) is 0 Å². The average Bonchev–Trinajstić information content (AvgIpc) is 2.82. The van der Waals surface area contributed by atoms with Gasteiger partial charge in [-0.05, 0) is 57.4 Å². The number of allylic oxidation sites excluding steroid dienone is 2. The van der Waals surface area contributed by atoms with Crippen LogP contribution in [0.4, 0.5) is 18.9 Å². The number of amides is 2. The molecule has 1 aliphatic heterocycles. The highest BCUT2D eigenvalue weighted by molar-refractivity contribution is 6.33. The van der Waals surface area contributed by atoms with Crippen molar-refractivity contribution in [2.24, 2.45) is 10.7 Å². The molecule has 1 heterocycles. The van der Waals surface area contributed by atoms with Crippen LogP contribution in [0.3, 0.4) is 0 Å². The number of hydrogen-bond donors (Lipinski definition) is 2. The maximum atomic E-state index is 13.1. The first kappa shape index (κ1) is 28.0. The van der Waals surface area contributed by atoms with E-state index >= 15 is 0 Å². The number of nitrogens with one attached hydrogen (secondary N) is 1. The van der Waals surface area contributed by atoms with Crippen molar-refractivity contribution >= 4 is 34.8 Å². The number of aliphatic imine (C=N–C) groups is 1. The fourth-order valence-electron chi connectivity index (χ4n) is 4.10. The van der Waals surface area contributed by atoms with Gasteiger partial charge in [-0.2, -0.15) is 0 Å². The molecule has 1 unspecified atom stereocenters. The van der Waals surface area contributed by atoms with Crippen LogP contribution in [0.5, 0.6) is 5.75 Å². The van der Waals surface area contributed by atoms with E-state index in [1.165, 1.54) is 41.3 Å². The normalized spacial score (nSPS) is 16.9. The number of benzene rings is 2. The molecule has 1 fully saturated rings. The zero-order valence-electron chi connectivity index (χ0n) is 20.4. The van der Waals surface area contributed by atoms with Crippen molar-refractivity contribution in [3.05, 3.63) is 59.3 Å². The summed E-state index contributed by atoms with van der Waals surface area (Å²) in [6, 6.07) is 9.46. The van der Waals surface area contributed by atoms with Crippen LogP contribution < -0.4 is 15.8 Å². The highest BCUT2D eigenvalue weighted by Crippen LogP contribution is 2.38. The van der Waals surface area contributed by atoms with Gasteiger partial charge in [-0.15, -0.1) is 13.2 Å². The Labute approximate surface area is 218 Å². The predicted molar refractivity (Wildman–Crippen MR) is 137 cm³/mol. The van der Waals surface area contributed by atoms with Gasteiger partial charge in [0.05, 0.1) is 5.02 Å². The molecule has 11 heteroatoms. The summed E-state index contributed by atoms with van der Waals surface area (Å²) in [4.78, 5) is 31.7. The van der Waals surface area contributed by atoms with Crippen LogP contribution in [0.2, 0.25) is 5.02 Å². The first-order chi connectivity index (χ1) is 17.4. The van der Waals surface area contributed by atoms with Gasteiger partial charge in [0.2, 0.25) is 11.8 Å². The number of hydrogen-bond acceptors (Lipinski definition) is 5. The monoisotopic (exact) mass is 536 g/mol. The molecule has 2 amide bonds. The minimum atomic E-state index is -4.86. The van der Waals surface area contributed by atoms with E-state index in [0.29, 0.717) is 35.6 Å². The van der Waals surface area contributed by atoms with E-state index in [2.05, 4.69) is 15.0 Å². The van der Waals surface area contributed by atoms with Crippen LogP contribution in [0.1, 0.15) is 33.1 Å². The highest BCUT2D eigenvalue weighted by Gasteiger charge is 2.33. The third-order valence-electron chi connectivity index (χ3n) is 5.67. The number of rotatable bonds is 7. The minimum absolute atomic E-state index is 0.0979.